The number of ether oxygens (including phenoxy) is 3. The molecule has 1 saturated heterocycles. The number of carbonyl (C=O) groups excluding carboxylic acids is 4. The molecule has 17 heteroatoms. The maximum absolute atomic E-state index is 13.3. The predicted octanol–water partition coefficient (Wildman–Crippen LogP) is 6.73. The topological polar surface area (TPSA) is 196 Å². The highest BCUT2D eigenvalue weighted by Gasteiger charge is 2.37. The van der Waals surface area contributed by atoms with Crippen LogP contribution in [0.15, 0.2) is 109 Å². The number of fused-ring (bicyclic) bond motifs is 4. The van der Waals surface area contributed by atoms with Crippen molar-refractivity contribution in [1.29, 1.82) is 0 Å². The van der Waals surface area contributed by atoms with Gasteiger partial charge in [0.1, 0.15) is 12.4 Å². The number of H-pyrrole nitrogens is 2. The fraction of sp³-hybridized carbons (Fsp3) is 0.222. The van der Waals surface area contributed by atoms with Crippen LogP contribution in [0.5, 0.6) is 5.75 Å². The van der Waals surface area contributed by atoms with E-state index >= 15 is 0 Å². The Morgan fingerprint density at radius 2 is 1.32 bits per heavy atom. The molecule has 16 nitrogen and oxygen atoms in total. The molecule has 71 heavy (non-hydrogen) atoms. The number of rotatable bonds is 14. The summed E-state index contributed by atoms with van der Waals surface area (Å²) in [5.41, 5.74) is 6.90. The number of hydrogen-bond acceptors (Lipinski definition) is 12. The van der Waals surface area contributed by atoms with E-state index in [0.29, 0.717) is 71.1 Å². The number of benzene rings is 5. The number of anilines is 1. The molecule has 6 heterocycles. The molecule has 360 valence electrons. The van der Waals surface area contributed by atoms with Gasteiger partial charge in [0.2, 0.25) is 5.95 Å². The number of para-hydroxylation sites is 3. The van der Waals surface area contributed by atoms with Crippen LogP contribution in [0.25, 0.3) is 65.8 Å². The summed E-state index contributed by atoms with van der Waals surface area (Å²) in [6, 6.07) is 30.7. The van der Waals surface area contributed by atoms with Crippen molar-refractivity contribution < 1.29 is 33.4 Å². The number of hydrogen-bond donors (Lipinski definition) is 5. The van der Waals surface area contributed by atoms with E-state index in [2.05, 4.69) is 41.8 Å². The number of aromatic nitrogens is 4. The molecule has 5 aromatic carbocycles. The molecule has 3 aromatic heterocycles. The molecule has 3 aliphatic rings. The standard InChI is InChI=1S/C30H30ClN3O5.C24H20N6O2/c1-34(2)17-18-7-8-19-9-10-23(31)25(21(19)15-18)27-26(29(35)33-30(27)36)22-16-32-28-20(22)5-4-6-24(28)39-14-13-38-12-11-37-3;31-22-19(16-13-26-17-7-3-1-5-14(16)17)20(23(32)29-22)21-15-6-2-4-8-18(15)27-24(28-21)30-11-9-25-10-12-30/h4-10,15-16,32H,11-14,17H2,1-3H3,(H,33,35,36);1-8,13,25-26H,9-12H2,(H,29,31,32). The van der Waals surface area contributed by atoms with Gasteiger partial charge >= 0.3 is 0 Å². The second-order valence-corrected chi connectivity index (χ2v) is 17.9. The lowest BCUT2D eigenvalue weighted by Crippen LogP contribution is -2.44. The van der Waals surface area contributed by atoms with Gasteiger partial charge in [-0.05, 0) is 60.8 Å². The molecular weight excluding hydrogens is 922 g/mol. The Morgan fingerprint density at radius 1 is 0.662 bits per heavy atom. The van der Waals surface area contributed by atoms with Crippen LogP contribution in [0.4, 0.5) is 5.95 Å². The maximum atomic E-state index is 13.3. The molecule has 0 unspecified atom stereocenters. The Kier molecular flexibility index (Phi) is 13.4. The third-order valence-corrected chi connectivity index (χ3v) is 12.9. The van der Waals surface area contributed by atoms with Crippen molar-refractivity contribution in [1.82, 2.24) is 40.8 Å². The summed E-state index contributed by atoms with van der Waals surface area (Å²) < 4.78 is 16.4. The number of methoxy groups -OCH3 is 1. The number of amides is 4. The molecule has 11 rings (SSSR count). The zero-order chi connectivity index (χ0) is 49.2. The molecule has 4 amide bonds. The average molecular weight is 973 g/mol. The Balaban J connectivity index is 0.000000167. The van der Waals surface area contributed by atoms with E-state index in [-0.39, 0.29) is 16.7 Å². The summed E-state index contributed by atoms with van der Waals surface area (Å²) in [4.78, 5) is 72.8. The minimum Gasteiger partial charge on any atom is -0.489 e. The first-order chi connectivity index (χ1) is 34.6. The second kappa shape index (κ2) is 20.3. The van der Waals surface area contributed by atoms with Crippen molar-refractivity contribution in [2.45, 2.75) is 6.54 Å². The van der Waals surface area contributed by atoms with Gasteiger partial charge in [-0.3, -0.25) is 29.8 Å². The van der Waals surface area contributed by atoms with E-state index in [4.69, 9.17) is 35.8 Å². The number of imide groups is 2. The van der Waals surface area contributed by atoms with Gasteiger partial charge in [-0.1, -0.05) is 78.3 Å². The monoisotopic (exact) mass is 971 g/mol. The third-order valence-electron chi connectivity index (χ3n) is 12.6. The number of aromatic amines is 2. The molecule has 0 radical (unpaired) electrons. The van der Waals surface area contributed by atoms with Crippen molar-refractivity contribution in [3.63, 3.8) is 0 Å². The first-order valence-electron chi connectivity index (χ1n) is 23.2. The lowest BCUT2D eigenvalue weighted by Gasteiger charge is -2.28. The fourth-order valence-corrected chi connectivity index (χ4v) is 9.65. The largest absolute Gasteiger partial charge is 0.489 e. The Morgan fingerprint density at radius 3 is 2.11 bits per heavy atom. The molecule has 3 aliphatic heterocycles. The van der Waals surface area contributed by atoms with Gasteiger partial charge in [0, 0.05) is 95.6 Å². The molecule has 0 bridgehead atoms. The summed E-state index contributed by atoms with van der Waals surface area (Å²) in [6.07, 6.45) is 3.51. The van der Waals surface area contributed by atoms with E-state index in [1.54, 1.807) is 25.6 Å². The number of nitrogens with zero attached hydrogens (tertiary/aromatic N) is 4. The Bertz CT molecular complexity index is 3480. The van der Waals surface area contributed by atoms with Crippen LogP contribution in [0.1, 0.15) is 27.9 Å². The maximum Gasteiger partial charge on any atom is 0.261 e. The zero-order valence-electron chi connectivity index (χ0n) is 39.3. The van der Waals surface area contributed by atoms with Crippen LogP contribution in [-0.2, 0) is 35.2 Å². The molecule has 0 spiro atoms. The summed E-state index contributed by atoms with van der Waals surface area (Å²) in [7, 11) is 5.62. The highest BCUT2D eigenvalue weighted by molar-refractivity contribution is 6.53. The molecule has 0 aliphatic carbocycles. The highest BCUT2D eigenvalue weighted by Crippen LogP contribution is 2.42. The molecule has 8 aromatic rings. The summed E-state index contributed by atoms with van der Waals surface area (Å²) >= 11 is 6.74. The minimum atomic E-state index is -0.475. The van der Waals surface area contributed by atoms with Gasteiger partial charge in [0.15, 0.2) is 0 Å². The lowest BCUT2D eigenvalue weighted by molar-refractivity contribution is -0.124. The summed E-state index contributed by atoms with van der Waals surface area (Å²) in [6.45, 7) is 5.73. The molecule has 0 saturated carbocycles. The van der Waals surface area contributed by atoms with Gasteiger partial charge in [0.25, 0.3) is 23.6 Å². The van der Waals surface area contributed by atoms with Crippen molar-refractivity contribution in [3.05, 3.63) is 142 Å². The van der Waals surface area contributed by atoms with Crippen LogP contribution in [0.3, 0.4) is 0 Å². The Labute approximate surface area is 413 Å². The lowest BCUT2D eigenvalue weighted by atomic mass is 9.91. The normalized spacial score (nSPS) is 15.2. The van der Waals surface area contributed by atoms with E-state index in [1.807, 2.05) is 99.0 Å². The predicted molar refractivity (Wildman–Crippen MR) is 276 cm³/mol. The van der Waals surface area contributed by atoms with Gasteiger partial charge < -0.3 is 39.3 Å². The average Bonchev–Trinajstić information content (AvgIpc) is 4.14. The summed E-state index contributed by atoms with van der Waals surface area (Å²) in [5.74, 6) is -0.606. The highest BCUT2D eigenvalue weighted by atomic mass is 35.5. The quantitative estimate of drug-likeness (QED) is 0.0570. The first-order valence-corrected chi connectivity index (χ1v) is 23.6. The van der Waals surface area contributed by atoms with Gasteiger partial charge in [-0.25, -0.2) is 9.97 Å². The summed E-state index contributed by atoms with van der Waals surface area (Å²) in [5, 5.41) is 12.8. The van der Waals surface area contributed by atoms with Gasteiger partial charge in [0.05, 0.1) is 58.8 Å². The van der Waals surface area contributed by atoms with Crippen LogP contribution < -0.4 is 25.6 Å². The van der Waals surface area contributed by atoms with Gasteiger partial charge in [-0.2, -0.15) is 0 Å². The van der Waals surface area contributed by atoms with E-state index in [9.17, 15) is 19.2 Å². The van der Waals surface area contributed by atoms with Crippen LogP contribution in [0.2, 0.25) is 5.02 Å². The minimum absolute atomic E-state index is 0.261. The number of carbonyl (C=O) groups is 4. The molecule has 1 fully saturated rings. The smallest absolute Gasteiger partial charge is 0.261 e. The van der Waals surface area contributed by atoms with Crippen LogP contribution in [-0.4, -0.2) is 122 Å². The fourth-order valence-electron chi connectivity index (χ4n) is 9.39. The van der Waals surface area contributed by atoms with Crippen molar-refractivity contribution in [2.24, 2.45) is 0 Å². The second-order valence-electron chi connectivity index (χ2n) is 17.5. The van der Waals surface area contributed by atoms with E-state index in [0.717, 1.165) is 81.8 Å². The van der Waals surface area contributed by atoms with Crippen molar-refractivity contribution in [2.75, 3.05) is 78.7 Å². The number of piperazine rings is 1. The van der Waals surface area contributed by atoms with Crippen LogP contribution in [0, 0.1) is 0 Å². The SMILES string of the molecule is COCCOCCOc1cccc2c(C3=C(c4c(Cl)ccc5ccc(CN(C)C)cc45)C(=O)NC3=O)c[nH]c12.O=C1NC(=O)C(c2c[nH]c3ccccc23)=C1c1nc(N2CCNCC2)nc2ccccc12. The third kappa shape index (κ3) is 9.26. The Hall–Kier alpha value is -7.73. The molecular formula is C54H50ClN9O7. The number of nitrogens with one attached hydrogen (secondary N) is 5. The van der Waals surface area contributed by atoms with E-state index in [1.165, 1.54) is 0 Å². The van der Waals surface area contributed by atoms with Crippen molar-refractivity contribution in [3.8, 4) is 5.75 Å². The van der Waals surface area contributed by atoms with Gasteiger partial charge in [-0.15, -0.1) is 0 Å². The van der Waals surface area contributed by atoms with E-state index < -0.39 is 23.6 Å². The first kappa shape index (κ1) is 47.0. The number of halogens is 1. The van der Waals surface area contributed by atoms with Crippen molar-refractivity contribution >= 4 is 107 Å². The zero-order valence-corrected chi connectivity index (χ0v) is 40.0. The van der Waals surface area contributed by atoms with Crippen LogP contribution >= 0.6 is 11.6 Å². The molecule has 5 N–H and O–H groups in total. The molecule has 0 atom stereocenters.